The van der Waals surface area contributed by atoms with Crippen molar-refractivity contribution in [1.29, 1.82) is 0 Å². The lowest BCUT2D eigenvalue weighted by Crippen LogP contribution is -2.14. The highest BCUT2D eigenvalue weighted by molar-refractivity contribution is 6.01. The normalized spacial score (nSPS) is 26.0. The summed E-state index contributed by atoms with van der Waals surface area (Å²) in [5.41, 5.74) is 4.68. The number of nitrogens with zero attached hydrogens (tertiary/aromatic N) is 2. The van der Waals surface area contributed by atoms with Gasteiger partial charge in [0, 0.05) is 51.0 Å². The highest BCUT2D eigenvalue weighted by atomic mass is 16.5. The molecule has 2 aromatic carbocycles. The minimum atomic E-state index is -0.442. The maximum Gasteiger partial charge on any atom is 0.180 e. The average Bonchev–Trinajstić information content (AvgIpc) is 3.90. The van der Waals surface area contributed by atoms with E-state index in [1.165, 1.54) is 0 Å². The number of pyridine rings is 2. The van der Waals surface area contributed by atoms with Gasteiger partial charge in [0.15, 0.2) is 23.1 Å². The number of rotatable bonds is 16. The number of benzene rings is 2. The predicted octanol–water partition coefficient (Wildman–Crippen LogP) is 8.00. The third-order valence-corrected chi connectivity index (χ3v) is 12.8. The Balaban J connectivity index is 0.000000177. The summed E-state index contributed by atoms with van der Waals surface area (Å²) >= 11 is 0. The largest absolute Gasteiger partial charge is 0.393 e. The minimum absolute atomic E-state index is 0.0376. The van der Waals surface area contributed by atoms with Crippen LogP contribution in [0, 0.1) is 35.5 Å². The number of ether oxygens (including phenoxy) is 2. The van der Waals surface area contributed by atoms with Crippen molar-refractivity contribution < 1.29 is 38.9 Å². The molecule has 0 bridgehead atoms. The lowest BCUT2D eigenvalue weighted by Gasteiger charge is -2.17. The summed E-state index contributed by atoms with van der Waals surface area (Å²) in [6, 6.07) is 26.1. The van der Waals surface area contributed by atoms with Crippen LogP contribution in [0.25, 0.3) is 0 Å². The Kier molecular flexibility index (Phi) is 12.9. The van der Waals surface area contributed by atoms with Crippen LogP contribution < -0.4 is 0 Å². The van der Waals surface area contributed by atoms with E-state index in [1.807, 2.05) is 60.7 Å². The molecule has 0 aliphatic heterocycles. The summed E-state index contributed by atoms with van der Waals surface area (Å²) < 4.78 is 11.4. The van der Waals surface area contributed by atoms with Crippen LogP contribution in [0.1, 0.15) is 142 Å². The van der Waals surface area contributed by atoms with Gasteiger partial charge in [-0.1, -0.05) is 74.5 Å². The van der Waals surface area contributed by atoms with E-state index in [4.69, 9.17) is 9.47 Å². The molecule has 10 atom stereocenters. The lowest BCUT2D eigenvalue weighted by atomic mass is 9.97. The van der Waals surface area contributed by atoms with Gasteiger partial charge in [-0.05, 0) is 96.6 Å². The quantitative estimate of drug-likeness (QED) is 0.107. The monoisotopic (exact) mass is 786 g/mol. The molecule has 4 aliphatic carbocycles. The van der Waals surface area contributed by atoms with Gasteiger partial charge in [-0.3, -0.25) is 19.2 Å². The molecule has 0 radical (unpaired) electrons. The van der Waals surface area contributed by atoms with Gasteiger partial charge >= 0.3 is 0 Å². The maximum absolute atomic E-state index is 13.0. The highest BCUT2D eigenvalue weighted by Crippen LogP contribution is 2.60. The Morgan fingerprint density at radius 3 is 1.22 bits per heavy atom. The van der Waals surface area contributed by atoms with Crippen molar-refractivity contribution in [2.75, 3.05) is 14.2 Å². The zero-order valence-electron chi connectivity index (χ0n) is 33.8. The first-order valence-electron chi connectivity index (χ1n) is 20.7. The molecule has 2 N–H and O–H groups in total. The Morgan fingerprint density at radius 2 is 0.914 bits per heavy atom. The fraction of sp³-hybridized carbons (Fsp3) is 0.458. The Labute approximate surface area is 340 Å². The minimum Gasteiger partial charge on any atom is -0.393 e. The molecule has 4 fully saturated rings. The predicted molar refractivity (Wildman–Crippen MR) is 218 cm³/mol. The third kappa shape index (κ3) is 9.10. The number of Topliss-reactive ketones (excluding diaryl/α,β-unsaturated/α-hetero) is 4. The van der Waals surface area contributed by atoms with E-state index in [0.29, 0.717) is 95.1 Å². The smallest absolute Gasteiger partial charge is 0.180 e. The molecule has 58 heavy (non-hydrogen) atoms. The second-order valence-corrected chi connectivity index (χ2v) is 16.4. The zero-order chi connectivity index (χ0) is 41.1. The van der Waals surface area contributed by atoms with Crippen molar-refractivity contribution >= 4 is 23.1 Å². The molecular weight excluding hydrogens is 733 g/mol. The van der Waals surface area contributed by atoms with Gasteiger partial charge in [0.1, 0.15) is 23.6 Å². The summed E-state index contributed by atoms with van der Waals surface area (Å²) in [7, 11) is 3.21. The second-order valence-electron chi connectivity index (χ2n) is 16.4. The maximum atomic E-state index is 13.0. The zero-order valence-corrected chi connectivity index (χ0v) is 33.8. The SMILES string of the molecule is CCC(=O)c1cc(C(=O)CC2[C@H]3CC(O)C[C@@H]23)cc([C@@H](OC)c2ccccc2)n1.CCC(=O)c1cc(C(=O)CC2[C@H]3CC(O)C[C@@H]23)cc([C@H](OC)c2ccccc2)n1. The van der Waals surface area contributed by atoms with E-state index in [1.54, 1.807) is 52.3 Å². The van der Waals surface area contributed by atoms with E-state index in [2.05, 4.69) is 9.97 Å². The van der Waals surface area contributed by atoms with Gasteiger partial charge in [0.25, 0.3) is 0 Å². The molecule has 10 heteroatoms. The van der Waals surface area contributed by atoms with E-state index < -0.39 is 12.2 Å². The highest BCUT2D eigenvalue weighted by Gasteiger charge is 2.56. The number of hydrogen-bond acceptors (Lipinski definition) is 10. The van der Waals surface area contributed by atoms with Crippen LogP contribution in [0.4, 0.5) is 0 Å². The third-order valence-electron chi connectivity index (χ3n) is 12.8. The lowest BCUT2D eigenvalue weighted by molar-refractivity contribution is 0.0949. The van der Waals surface area contributed by atoms with Gasteiger partial charge in [-0.2, -0.15) is 0 Å². The first-order valence-corrected chi connectivity index (χ1v) is 20.7. The van der Waals surface area contributed by atoms with Crippen LogP contribution >= 0.6 is 0 Å². The Bertz CT molecular complexity index is 1950. The van der Waals surface area contributed by atoms with Gasteiger partial charge < -0.3 is 19.7 Å². The van der Waals surface area contributed by atoms with Crippen molar-refractivity contribution in [3.8, 4) is 0 Å². The summed E-state index contributed by atoms with van der Waals surface area (Å²) in [5, 5.41) is 19.4. The van der Waals surface area contributed by atoms with Crippen molar-refractivity contribution in [2.24, 2.45) is 35.5 Å². The molecule has 2 aromatic heterocycles. The first kappa shape index (κ1) is 41.4. The molecule has 4 aromatic rings. The van der Waals surface area contributed by atoms with Crippen molar-refractivity contribution in [2.45, 2.75) is 89.6 Å². The summed E-state index contributed by atoms with van der Waals surface area (Å²) in [6.45, 7) is 3.58. The number of aromatic nitrogens is 2. The fourth-order valence-electron chi connectivity index (χ4n) is 9.62. The standard InChI is InChI=1S/2C24H27NO4/c2*1-3-22(27)20-9-15(23(28)13-19-17-11-16(26)12-18(17)19)10-21(25-20)24(29-2)14-7-5-4-6-8-14/h2*4-10,16-19,24,26H,3,11-13H2,1-2H3/t2*16?,17-,18+,19?,24-/m10/s1. The molecule has 8 rings (SSSR count). The van der Waals surface area contributed by atoms with Crippen molar-refractivity contribution in [3.05, 3.63) is 130 Å². The van der Waals surface area contributed by atoms with Crippen molar-refractivity contribution in [3.63, 3.8) is 0 Å². The summed E-state index contributed by atoms with van der Waals surface area (Å²) in [5.74, 6) is 2.52. The van der Waals surface area contributed by atoms with Gasteiger partial charge in [0.2, 0.25) is 0 Å². The number of aliphatic hydroxyl groups is 2. The molecule has 10 nitrogen and oxygen atoms in total. The van der Waals surface area contributed by atoms with Gasteiger partial charge in [0.05, 0.1) is 23.6 Å². The number of methoxy groups -OCH3 is 2. The molecule has 0 saturated heterocycles. The topological polar surface area (TPSA) is 153 Å². The van der Waals surface area contributed by atoms with Crippen LogP contribution in [0.2, 0.25) is 0 Å². The van der Waals surface area contributed by atoms with Crippen LogP contribution in [0.15, 0.2) is 84.9 Å². The van der Waals surface area contributed by atoms with Crippen LogP contribution in [0.5, 0.6) is 0 Å². The Morgan fingerprint density at radius 1 is 0.569 bits per heavy atom. The second kappa shape index (κ2) is 18.0. The fourth-order valence-corrected chi connectivity index (χ4v) is 9.62. The molecular formula is C48H54N2O8. The van der Waals surface area contributed by atoms with Gasteiger partial charge in [-0.25, -0.2) is 9.97 Å². The summed E-state index contributed by atoms with van der Waals surface area (Å²) in [6.07, 6.45) is 3.54. The van der Waals surface area contributed by atoms with Gasteiger partial charge in [-0.15, -0.1) is 0 Å². The number of aliphatic hydroxyl groups excluding tert-OH is 2. The molecule has 2 heterocycles. The molecule has 4 saturated carbocycles. The van der Waals surface area contributed by atoms with E-state index in [9.17, 15) is 29.4 Å². The Hall–Kier alpha value is -4.74. The van der Waals surface area contributed by atoms with Crippen LogP contribution in [-0.2, 0) is 9.47 Å². The van der Waals surface area contributed by atoms with Crippen LogP contribution in [-0.4, -0.2) is 69.7 Å². The number of ketones is 4. The molecule has 0 amide bonds. The molecule has 4 unspecified atom stereocenters. The van der Waals surface area contributed by atoms with E-state index in [0.717, 1.165) is 36.8 Å². The molecule has 304 valence electrons. The molecule has 4 aliphatic rings. The van der Waals surface area contributed by atoms with Crippen molar-refractivity contribution in [1.82, 2.24) is 9.97 Å². The number of fused-ring (bicyclic) bond motifs is 2. The number of carbonyl (C=O) groups excluding carboxylic acids is 4. The number of hydrogen-bond donors (Lipinski definition) is 2. The van der Waals surface area contributed by atoms with E-state index >= 15 is 0 Å². The first-order chi connectivity index (χ1) is 28.0. The van der Waals surface area contributed by atoms with E-state index in [-0.39, 0.29) is 35.3 Å². The van der Waals surface area contributed by atoms with Crippen LogP contribution in [0.3, 0.4) is 0 Å². The average molecular weight is 787 g/mol. The number of carbonyl (C=O) groups is 4. The molecule has 0 spiro atoms. The summed E-state index contributed by atoms with van der Waals surface area (Å²) in [4.78, 5) is 59.9.